The minimum Gasteiger partial charge on any atom is -0.370 e. The van der Waals surface area contributed by atoms with E-state index in [4.69, 9.17) is 5.73 Å². The van der Waals surface area contributed by atoms with E-state index in [9.17, 15) is 8.42 Å². The average Bonchev–Trinajstić information content (AvgIpc) is 2.53. The fourth-order valence-corrected chi connectivity index (χ4v) is 2.97. The topological polar surface area (TPSA) is 87.8 Å². The fourth-order valence-electron chi connectivity index (χ4n) is 2.06. The van der Waals surface area contributed by atoms with Gasteiger partial charge in [-0.1, -0.05) is 24.3 Å². The third-order valence-corrected chi connectivity index (χ3v) is 5.25. The fraction of sp³-hybridized carbons (Fsp3) is 0.235. The zero-order valence-electron chi connectivity index (χ0n) is 14.0. The largest absolute Gasteiger partial charge is 0.370 e. The Hall–Kier alpha value is -2.38. The molecule has 0 bridgehead atoms. The Labute approximate surface area is 143 Å². The predicted molar refractivity (Wildman–Crippen MR) is 97.4 cm³/mol. The molecule has 128 valence electrons. The van der Waals surface area contributed by atoms with Crippen LogP contribution in [0.2, 0.25) is 0 Å². The molecule has 0 spiro atoms. The Balaban J connectivity index is 2.03. The summed E-state index contributed by atoms with van der Waals surface area (Å²) in [5, 5.41) is 3.03. The summed E-state index contributed by atoms with van der Waals surface area (Å²) >= 11 is 0. The van der Waals surface area contributed by atoms with E-state index in [1.54, 1.807) is 24.3 Å². The molecule has 0 fully saturated rings. The van der Waals surface area contributed by atoms with Gasteiger partial charge in [0.05, 0.1) is 11.4 Å². The molecule has 7 heteroatoms. The molecule has 0 aliphatic heterocycles. The van der Waals surface area contributed by atoms with Gasteiger partial charge in [0, 0.05) is 19.8 Å². The molecule has 0 aliphatic rings. The first kappa shape index (κ1) is 18.0. The van der Waals surface area contributed by atoms with E-state index in [2.05, 4.69) is 10.3 Å². The summed E-state index contributed by atoms with van der Waals surface area (Å²) in [5.74, 6) is 0.311. The van der Waals surface area contributed by atoms with Crippen molar-refractivity contribution < 1.29 is 8.42 Å². The van der Waals surface area contributed by atoms with Gasteiger partial charge in [-0.05, 0) is 42.3 Å². The number of hydrogen-bond donors (Lipinski definition) is 2. The van der Waals surface area contributed by atoms with Gasteiger partial charge >= 0.3 is 0 Å². The van der Waals surface area contributed by atoms with Gasteiger partial charge in [-0.15, -0.1) is 0 Å². The van der Waals surface area contributed by atoms with Crippen molar-refractivity contribution in [3.8, 4) is 0 Å². The van der Waals surface area contributed by atoms with Crippen molar-refractivity contribution in [1.29, 1.82) is 0 Å². The summed E-state index contributed by atoms with van der Waals surface area (Å²) in [6.07, 6.45) is 0. The van der Waals surface area contributed by atoms with Gasteiger partial charge in [0.1, 0.15) is 0 Å². The van der Waals surface area contributed by atoms with Crippen LogP contribution in [0.3, 0.4) is 0 Å². The number of anilines is 1. The number of benzene rings is 2. The van der Waals surface area contributed by atoms with E-state index in [-0.39, 0.29) is 4.90 Å². The molecule has 3 N–H and O–H groups in total. The van der Waals surface area contributed by atoms with Crippen molar-refractivity contribution in [3.63, 3.8) is 0 Å². The van der Waals surface area contributed by atoms with Crippen LogP contribution in [0.1, 0.15) is 11.1 Å². The molecule has 0 saturated carbocycles. The van der Waals surface area contributed by atoms with Gasteiger partial charge in [0.2, 0.25) is 10.0 Å². The molecule has 2 aromatic rings. The molecule has 0 atom stereocenters. The minimum atomic E-state index is -3.41. The number of nitrogens with one attached hydrogen (secondary N) is 1. The van der Waals surface area contributed by atoms with Crippen molar-refractivity contribution >= 4 is 21.7 Å². The molecule has 0 radical (unpaired) electrons. The van der Waals surface area contributed by atoms with Crippen LogP contribution in [0.5, 0.6) is 0 Å². The van der Waals surface area contributed by atoms with Crippen molar-refractivity contribution in [2.45, 2.75) is 18.4 Å². The standard InChI is InChI=1S/C17H22N4O2S/c1-13-5-4-6-15(11-13)20-17(18)19-12-14-7-9-16(10-8-14)24(22,23)21(2)3/h4-11H,12H2,1-3H3,(H3,18,19,20). The van der Waals surface area contributed by atoms with Crippen molar-refractivity contribution in [2.75, 3.05) is 19.4 Å². The number of nitrogens with zero attached hydrogens (tertiary/aromatic N) is 2. The number of nitrogens with two attached hydrogens (primary N) is 1. The van der Waals surface area contributed by atoms with E-state index in [1.807, 2.05) is 31.2 Å². The molecule has 0 unspecified atom stereocenters. The van der Waals surface area contributed by atoms with Gasteiger partial charge in [0.15, 0.2) is 5.96 Å². The maximum atomic E-state index is 12.0. The van der Waals surface area contributed by atoms with Crippen LogP contribution in [0.15, 0.2) is 58.4 Å². The highest BCUT2D eigenvalue weighted by Gasteiger charge is 2.16. The van der Waals surface area contributed by atoms with Crippen LogP contribution in [-0.4, -0.2) is 32.8 Å². The zero-order valence-corrected chi connectivity index (χ0v) is 14.8. The molecule has 0 aliphatic carbocycles. The smallest absolute Gasteiger partial charge is 0.242 e. The van der Waals surface area contributed by atoms with Gasteiger partial charge in [-0.3, -0.25) is 0 Å². The lowest BCUT2D eigenvalue weighted by Gasteiger charge is -2.11. The lowest BCUT2D eigenvalue weighted by Crippen LogP contribution is -2.22. The maximum absolute atomic E-state index is 12.0. The highest BCUT2D eigenvalue weighted by Crippen LogP contribution is 2.14. The number of hydrogen-bond acceptors (Lipinski definition) is 3. The molecule has 6 nitrogen and oxygen atoms in total. The summed E-state index contributed by atoms with van der Waals surface area (Å²) < 4.78 is 25.2. The van der Waals surface area contributed by atoms with E-state index in [1.165, 1.54) is 18.4 Å². The van der Waals surface area contributed by atoms with Crippen LogP contribution < -0.4 is 11.1 Å². The number of rotatable bonds is 5. The second kappa shape index (κ2) is 7.46. The Morgan fingerprint density at radius 3 is 2.42 bits per heavy atom. The van der Waals surface area contributed by atoms with Crippen LogP contribution in [0.25, 0.3) is 0 Å². The number of guanidine groups is 1. The summed E-state index contributed by atoms with van der Waals surface area (Å²) in [4.78, 5) is 4.53. The maximum Gasteiger partial charge on any atom is 0.242 e. The van der Waals surface area contributed by atoms with Gasteiger partial charge in [-0.2, -0.15) is 0 Å². The Kier molecular flexibility index (Phi) is 5.58. The number of aliphatic imine (C=N–C) groups is 1. The van der Waals surface area contributed by atoms with Crippen LogP contribution in [-0.2, 0) is 16.6 Å². The number of aryl methyl sites for hydroxylation is 1. The first-order chi connectivity index (χ1) is 11.3. The quantitative estimate of drug-likeness (QED) is 0.641. The molecule has 0 heterocycles. The predicted octanol–water partition coefficient (Wildman–Crippen LogP) is 2.17. The molecule has 0 saturated heterocycles. The Bertz CT molecular complexity index is 828. The summed E-state index contributed by atoms with van der Waals surface area (Å²) in [5.41, 5.74) is 8.76. The first-order valence-corrected chi connectivity index (χ1v) is 8.88. The molecule has 0 amide bonds. The normalized spacial score (nSPS) is 12.4. The first-order valence-electron chi connectivity index (χ1n) is 7.44. The summed E-state index contributed by atoms with van der Waals surface area (Å²) in [6, 6.07) is 14.4. The monoisotopic (exact) mass is 346 g/mol. The zero-order chi connectivity index (χ0) is 17.7. The van der Waals surface area contributed by atoms with E-state index >= 15 is 0 Å². The van der Waals surface area contributed by atoms with Gasteiger partial charge in [0.25, 0.3) is 0 Å². The Morgan fingerprint density at radius 2 is 1.83 bits per heavy atom. The number of sulfonamides is 1. The van der Waals surface area contributed by atoms with Crippen molar-refractivity contribution in [2.24, 2.45) is 10.7 Å². The minimum absolute atomic E-state index is 0.256. The van der Waals surface area contributed by atoms with Crippen LogP contribution in [0, 0.1) is 6.92 Å². The molecular weight excluding hydrogens is 324 g/mol. The highest BCUT2D eigenvalue weighted by molar-refractivity contribution is 7.89. The van der Waals surface area contributed by atoms with Crippen molar-refractivity contribution in [3.05, 3.63) is 59.7 Å². The van der Waals surface area contributed by atoms with Crippen LogP contribution >= 0.6 is 0 Å². The second-order valence-corrected chi connectivity index (χ2v) is 7.78. The second-order valence-electron chi connectivity index (χ2n) is 5.63. The summed E-state index contributed by atoms with van der Waals surface area (Å²) in [7, 11) is -0.399. The van der Waals surface area contributed by atoms with E-state index < -0.39 is 10.0 Å². The highest BCUT2D eigenvalue weighted by atomic mass is 32.2. The molecule has 2 aromatic carbocycles. The Morgan fingerprint density at radius 1 is 1.17 bits per heavy atom. The molecule has 24 heavy (non-hydrogen) atoms. The lowest BCUT2D eigenvalue weighted by molar-refractivity contribution is 0.520. The molecular formula is C17H22N4O2S. The van der Waals surface area contributed by atoms with Crippen LogP contribution in [0.4, 0.5) is 5.69 Å². The summed E-state index contributed by atoms with van der Waals surface area (Å²) in [6.45, 7) is 2.37. The lowest BCUT2D eigenvalue weighted by atomic mass is 10.2. The van der Waals surface area contributed by atoms with Gasteiger partial charge < -0.3 is 11.1 Å². The van der Waals surface area contributed by atoms with E-state index in [0.717, 1.165) is 16.8 Å². The average molecular weight is 346 g/mol. The molecule has 0 aromatic heterocycles. The van der Waals surface area contributed by atoms with E-state index in [0.29, 0.717) is 12.5 Å². The van der Waals surface area contributed by atoms with Gasteiger partial charge in [-0.25, -0.2) is 17.7 Å². The molecule has 2 rings (SSSR count). The SMILES string of the molecule is Cc1cccc(NC(N)=NCc2ccc(S(=O)(=O)N(C)C)cc2)c1. The third-order valence-electron chi connectivity index (χ3n) is 3.42. The third kappa shape index (κ3) is 4.56. The van der Waals surface area contributed by atoms with Crippen molar-refractivity contribution in [1.82, 2.24) is 4.31 Å².